The lowest BCUT2D eigenvalue weighted by Crippen LogP contribution is -2.39. The average molecular weight is 425 g/mol. The summed E-state index contributed by atoms with van der Waals surface area (Å²) in [5, 5.41) is 16.1. The molecule has 3 atom stereocenters. The minimum atomic E-state index is 0. The molecule has 5 heteroatoms. The first-order valence-electron chi connectivity index (χ1n) is 8.76. The summed E-state index contributed by atoms with van der Waals surface area (Å²) in [7, 11) is 0. The largest absolute Gasteiger partial charge is 0.396 e. The number of aliphatic hydroxyl groups excluding tert-OH is 1. The van der Waals surface area contributed by atoms with Crippen molar-refractivity contribution in [3.63, 3.8) is 0 Å². The number of halogens is 1. The highest BCUT2D eigenvalue weighted by atomic mass is 127. The van der Waals surface area contributed by atoms with E-state index in [1.165, 1.54) is 19.3 Å². The third-order valence-corrected chi connectivity index (χ3v) is 4.10. The third-order valence-electron chi connectivity index (χ3n) is 4.10. The summed E-state index contributed by atoms with van der Waals surface area (Å²) < 4.78 is 0. The van der Waals surface area contributed by atoms with Crippen molar-refractivity contribution in [1.82, 2.24) is 10.6 Å². The maximum atomic E-state index is 9.19. The molecule has 0 amide bonds. The summed E-state index contributed by atoms with van der Waals surface area (Å²) in [6.07, 6.45) is 5.85. The maximum Gasteiger partial charge on any atom is 0.191 e. The summed E-state index contributed by atoms with van der Waals surface area (Å²) in [6, 6.07) is 0.615. The second-order valence-corrected chi connectivity index (χ2v) is 6.76. The van der Waals surface area contributed by atoms with Gasteiger partial charge >= 0.3 is 0 Å². The molecule has 0 aliphatic heterocycles. The summed E-state index contributed by atoms with van der Waals surface area (Å²) in [4.78, 5) is 4.74. The topological polar surface area (TPSA) is 56.7 Å². The normalized spacial score (nSPS) is 22.2. The number of nitrogens with one attached hydrogen (secondary N) is 2. The maximum absolute atomic E-state index is 9.19. The Bertz CT molecular complexity index is 310. The lowest BCUT2D eigenvalue weighted by Gasteiger charge is -2.17. The second kappa shape index (κ2) is 12.4. The Hall–Kier alpha value is -0.0400. The molecule has 132 valence electrons. The van der Waals surface area contributed by atoms with E-state index in [0.29, 0.717) is 17.9 Å². The summed E-state index contributed by atoms with van der Waals surface area (Å²) in [5.41, 5.74) is 0. The fraction of sp³-hybridized carbons (Fsp3) is 0.941. The molecule has 4 nitrogen and oxygen atoms in total. The lowest BCUT2D eigenvalue weighted by molar-refractivity contribution is 0.245. The van der Waals surface area contributed by atoms with Crippen LogP contribution in [0.2, 0.25) is 0 Å². The van der Waals surface area contributed by atoms with E-state index in [0.717, 1.165) is 37.8 Å². The van der Waals surface area contributed by atoms with Gasteiger partial charge in [0.15, 0.2) is 5.96 Å². The molecule has 0 aromatic rings. The molecule has 0 saturated heterocycles. The van der Waals surface area contributed by atoms with Crippen molar-refractivity contribution in [2.45, 2.75) is 65.8 Å². The molecule has 1 saturated carbocycles. The molecule has 0 aromatic carbocycles. The van der Waals surface area contributed by atoms with Gasteiger partial charge in [-0.3, -0.25) is 4.99 Å². The van der Waals surface area contributed by atoms with Crippen LogP contribution in [0.3, 0.4) is 0 Å². The molecule has 1 aliphatic rings. The first-order valence-corrected chi connectivity index (χ1v) is 8.76. The predicted octanol–water partition coefficient (Wildman–Crippen LogP) is 3.39. The first-order chi connectivity index (χ1) is 10.1. The Labute approximate surface area is 154 Å². The van der Waals surface area contributed by atoms with Crippen molar-refractivity contribution in [2.24, 2.45) is 22.7 Å². The summed E-state index contributed by atoms with van der Waals surface area (Å²) in [6.45, 7) is 10.8. The minimum absolute atomic E-state index is 0. The van der Waals surface area contributed by atoms with Gasteiger partial charge in [0.1, 0.15) is 0 Å². The Morgan fingerprint density at radius 2 is 2.05 bits per heavy atom. The van der Waals surface area contributed by atoms with E-state index in [1.54, 1.807) is 0 Å². The molecule has 0 radical (unpaired) electrons. The highest BCUT2D eigenvalue weighted by Gasteiger charge is 2.36. The van der Waals surface area contributed by atoms with E-state index in [2.05, 4.69) is 38.3 Å². The zero-order valence-corrected chi connectivity index (χ0v) is 17.1. The molecular formula is C17H36IN3O. The fourth-order valence-corrected chi connectivity index (χ4v) is 2.96. The summed E-state index contributed by atoms with van der Waals surface area (Å²) in [5.74, 6) is 2.93. The second-order valence-electron chi connectivity index (χ2n) is 6.76. The fourth-order valence-electron chi connectivity index (χ4n) is 2.96. The van der Waals surface area contributed by atoms with Crippen LogP contribution in [0.1, 0.15) is 59.8 Å². The highest BCUT2D eigenvalue weighted by molar-refractivity contribution is 14.0. The van der Waals surface area contributed by atoms with Crippen LogP contribution in [0, 0.1) is 17.8 Å². The monoisotopic (exact) mass is 425 g/mol. The predicted molar refractivity (Wildman–Crippen MR) is 106 cm³/mol. The van der Waals surface area contributed by atoms with Gasteiger partial charge in [-0.05, 0) is 50.4 Å². The van der Waals surface area contributed by atoms with Crippen molar-refractivity contribution in [3.8, 4) is 0 Å². The Morgan fingerprint density at radius 3 is 2.59 bits per heavy atom. The van der Waals surface area contributed by atoms with E-state index in [4.69, 9.17) is 4.99 Å². The number of guanidine groups is 1. The zero-order chi connectivity index (χ0) is 15.7. The number of aliphatic hydroxyl groups is 1. The van der Waals surface area contributed by atoms with E-state index >= 15 is 0 Å². The Morgan fingerprint density at radius 1 is 1.32 bits per heavy atom. The molecule has 0 bridgehead atoms. The van der Waals surface area contributed by atoms with Crippen LogP contribution in [0.5, 0.6) is 0 Å². The molecule has 0 spiro atoms. The van der Waals surface area contributed by atoms with Crippen LogP contribution in [-0.4, -0.2) is 36.8 Å². The number of aliphatic imine (C=N–C) groups is 1. The van der Waals surface area contributed by atoms with Gasteiger partial charge < -0.3 is 15.7 Å². The average Bonchev–Trinajstić information content (AvgIpc) is 3.14. The Balaban J connectivity index is 0.00000441. The molecule has 22 heavy (non-hydrogen) atoms. The molecule has 1 rings (SSSR count). The van der Waals surface area contributed by atoms with Crippen molar-refractivity contribution in [2.75, 3.05) is 19.7 Å². The van der Waals surface area contributed by atoms with Gasteiger partial charge in [-0.15, -0.1) is 24.0 Å². The number of nitrogens with zero attached hydrogens (tertiary/aromatic N) is 1. The van der Waals surface area contributed by atoms with Gasteiger partial charge in [0, 0.05) is 25.7 Å². The van der Waals surface area contributed by atoms with E-state index in [9.17, 15) is 5.11 Å². The van der Waals surface area contributed by atoms with Crippen LogP contribution < -0.4 is 10.6 Å². The smallest absolute Gasteiger partial charge is 0.191 e. The van der Waals surface area contributed by atoms with Gasteiger partial charge in [-0.2, -0.15) is 0 Å². The van der Waals surface area contributed by atoms with Crippen LogP contribution >= 0.6 is 24.0 Å². The molecule has 3 N–H and O–H groups in total. The van der Waals surface area contributed by atoms with Gasteiger partial charge in [0.25, 0.3) is 0 Å². The molecule has 1 fully saturated rings. The van der Waals surface area contributed by atoms with Crippen molar-refractivity contribution in [3.05, 3.63) is 0 Å². The van der Waals surface area contributed by atoms with Gasteiger partial charge in [0.2, 0.25) is 0 Å². The summed E-state index contributed by atoms with van der Waals surface area (Å²) >= 11 is 0. The first kappa shape index (κ1) is 22.0. The minimum Gasteiger partial charge on any atom is -0.396 e. The van der Waals surface area contributed by atoms with Crippen molar-refractivity contribution < 1.29 is 5.11 Å². The lowest BCUT2D eigenvalue weighted by atomic mass is 9.94. The Kier molecular flexibility index (Phi) is 12.4. The van der Waals surface area contributed by atoms with Crippen LogP contribution in [0.15, 0.2) is 4.99 Å². The van der Waals surface area contributed by atoms with Crippen molar-refractivity contribution >= 4 is 29.9 Å². The van der Waals surface area contributed by atoms with Gasteiger partial charge in [-0.1, -0.05) is 27.2 Å². The van der Waals surface area contributed by atoms with Crippen LogP contribution in [-0.2, 0) is 0 Å². The molecule has 0 aromatic heterocycles. The van der Waals surface area contributed by atoms with Crippen LogP contribution in [0.4, 0.5) is 0 Å². The zero-order valence-electron chi connectivity index (χ0n) is 14.8. The third kappa shape index (κ3) is 9.18. The van der Waals surface area contributed by atoms with Gasteiger partial charge in [0.05, 0.1) is 0 Å². The highest BCUT2D eigenvalue weighted by Crippen LogP contribution is 2.34. The number of hydrogen-bond acceptors (Lipinski definition) is 2. The molecule has 1 aliphatic carbocycles. The molecule has 3 unspecified atom stereocenters. The van der Waals surface area contributed by atoms with Gasteiger partial charge in [-0.25, -0.2) is 0 Å². The van der Waals surface area contributed by atoms with E-state index in [1.807, 2.05) is 0 Å². The standard InChI is InChI=1S/C17H35N3O.HI/c1-5-7-15-11-16(15)20-17(18-6-2)19-12-14(8-9-21)10-13(3)4;/h13-16,21H,5-12H2,1-4H3,(H2,18,19,20);1H. The quantitative estimate of drug-likeness (QED) is 0.286. The van der Waals surface area contributed by atoms with E-state index in [-0.39, 0.29) is 30.6 Å². The van der Waals surface area contributed by atoms with E-state index < -0.39 is 0 Å². The van der Waals surface area contributed by atoms with Crippen LogP contribution in [0.25, 0.3) is 0 Å². The molecule has 0 heterocycles. The molecular weight excluding hydrogens is 389 g/mol. The number of rotatable bonds is 10. The number of hydrogen-bond donors (Lipinski definition) is 3. The SMILES string of the molecule is CCCC1CC1NC(=NCC(CCO)CC(C)C)NCC.I. The van der Waals surface area contributed by atoms with Crippen molar-refractivity contribution in [1.29, 1.82) is 0 Å².